The number of rotatable bonds is 7. The van der Waals surface area contributed by atoms with Crippen molar-refractivity contribution in [3.63, 3.8) is 0 Å². The minimum absolute atomic E-state index is 0.0808. The first-order valence-corrected chi connectivity index (χ1v) is 8.07. The Morgan fingerprint density at radius 3 is 2.75 bits per heavy atom. The van der Waals surface area contributed by atoms with Gasteiger partial charge in [0, 0.05) is 37.3 Å². The van der Waals surface area contributed by atoms with Gasteiger partial charge in [0.2, 0.25) is 5.91 Å². The fraction of sp³-hybridized carbons (Fsp3) is 0.235. The van der Waals surface area contributed by atoms with Gasteiger partial charge in [-0.1, -0.05) is 40.5 Å². The van der Waals surface area contributed by atoms with E-state index < -0.39 is 0 Å². The highest BCUT2D eigenvalue weighted by atomic mass is 35.5. The monoisotopic (exact) mass is 365 g/mol. The van der Waals surface area contributed by atoms with Crippen LogP contribution in [0.1, 0.15) is 24.0 Å². The maximum atomic E-state index is 12.0. The zero-order chi connectivity index (χ0) is 17.4. The average molecular weight is 366 g/mol. The molecule has 1 heterocycles. The summed E-state index contributed by atoms with van der Waals surface area (Å²) < 4.78 is 0. The molecule has 1 amide bonds. The van der Waals surface area contributed by atoms with E-state index in [0.717, 1.165) is 11.1 Å². The first kappa shape index (κ1) is 18.2. The summed E-state index contributed by atoms with van der Waals surface area (Å²) in [5.74, 6) is -0.0808. The molecule has 7 heteroatoms. The van der Waals surface area contributed by atoms with Crippen molar-refractivity contribution >= 4 is 34.8 Å². The number of hydrogen-bond donors (Lipinski definition) is 1. The lowest BCUT2D eigenvalue weighted by Crippen LogP contribution is -2.23. The van der Waals surface area contributed by atoms with Crippen molar-refractivity contribution in [2.45, 2.75) is 19.4 Å². The summed E-state index contributed by atoms with van der Waals surface area (Å²) in [6.07, 6.45) is 4.11. The summed E-state index contributed by atoms with van der Waals surface area (Å²) in [7, 11) is 1.46. The zero-order valence-corrected chi connectivity index (χ0v) is 14.6. The van der Waals surface area contributed by atoms with E-state index in [-0.39, 0.29) is 12.3 Å². The average Bonchev–Trinajstić information content (AvgIpc) is 2.60. The van der Waals surface area contributed by atoms with Crippen LogP contribution < -0.4 is 5.32 Å². The molecule has 24 heavy (non-hydrogen) atoms. The largest absolute Gasteiger partial charge is 0.399 e. The van der Waals surface area contributed by atoms with Crippen molar-refractivity contribution in [2.75, 3.05) is 7.11 Å². The SMILES string of the molecule is CO/N=C(\CCC(=O)NCc1cccnc1)c1ccc(Cl)c(Cl)c1. The Morgan fingerprint density at radius 1 is 1.25 bits per heavy atom. The molecule has 5 nitrogen and oxygen atoms in total. The van der Waals surface area contributed by atoms with Crippen LogP contribution in [0.25, 0.3) is 0 Å². The number of nitrogens with one attached hydrogen (secondary N) is 1. The maximum Gasteiger partial charge on any atom is 0.220 e. The standard InChI is InChI=1S/C17H17Cl2N3O2/c1-24-22-16(13-4-5-14(18)15(19)9-13)6-7-17(23)21-11-12-3-2-8-20-10-12/h2-5,8-10H,6-7,11H2,1H3,(H,21,23)/b22-16+. The number of amides is 1. The van der Waals surface area contributed by atoms with Gasteiger partial charge in [-0.15, -0.1) is 0 Å². The highest BCUT2D eigenvalue weighted by molar-refractivity contribution is 6.42. The van der Waals surface area contributed by atoms with Gasteiger partial charge in [-0.05, 0) is 23.8 Å². The summed E-state index contributed by atoms with van der Waals surface area (Å²) in [6, 6.07) is 8.91. The lowest BCUT2D eigenvalue weighted by Gasteiger charge is -2.08. The predicted molar refractivity (Wildman–Crippen MR) is 95.3 cm³/mol. The molecule has 0 atom stereocenters. The van der Waals surface area contributed by atoms with Crippen LogP contribution >= 0.6 is 23.2 Å². The van der Waals surface area contributed by atoms with E-state index in [9.17, 15) is 4.79 Å². The molecule has 0 saturated carbocycles. The molecular weight excluding hydrogens is 349 g/mol. The third-order valence-corrected chi connectivity index (χ3v) is 3.99. The Morgan fingerprint density at radius 2 is 2.08 bits per heavy atom. The fourth-order valence-corrected chi connectivity index (χ4v) is 2.35. The van der Waals surface area contributed by atoms with E-state index in [2.05, 4.69) is 15.5 Å². The van der Waals surface area contributed by atoms with Crippen LogP contribution in [0.4, 0.5) is 0 Å². The Kier molecular flexibility index (Phi) is 7.03. The van der Waals surface area contributed by atoms with E-state index in [4.69, 9.17) is 28.0 Å². The highest BCUT2D eigenvalue weighted by Crippen LogP contribution is 2.23. The van der Waals surface area contributed by atoms with Gasteiger partial charge in [0.05, 0.1) is 15.8 Å². The molecule has 1 aromatic carbocycles. The van der Waals surface area contributed by atoms with E-state index in [1.165, 1.54) is 7.11 Å². The number of pyridine rings is 1. The topological polar surface area (TPSA) is 63.6 Å². The predicted octanol–water partition coefficient (Wildman–Crippen LogP) is 3.84. The molecule has 0 radical (unpaired) electrons. The molecule has 0 fully saturated rings. The number of carbonyl (C=O) groups is 1. The van der Waals surface area contributed by atoms with Gasteiger partial charge < -0.3 is 10.2 Å². The minimum atomic E-state index is -0.0808. The Balaban J connectivity index is 1.92. The Hall–Kier alpha value is -2.11. The lowest BCUT2D eigenvalue weighted by molar-refractivity contribution is -0.121. The first-order chi connectivity index (χ1) is 11.6. The smallest absolute Gasteiger partial charge is 0.220 e. The zero-order valence-electron chi connectivity index (χ0n) is 13.1. The molecule has 0 spiro atoms. The number of nitrogens with zero attached hydrogens (tertiary/aromatic N) is 2. The van der Waals surface area contributed by atoms with Gasteiger partial charge in [0.1, 0.15) is 7.11 Å². The van der Waals surface area contributed by atoms with Crippen molar-refractivity contribution in [1.82, 2.24) is 10.3 Å². The van der Waals surface area contributed by atoms with Crippen LogP contribution in [0.15, 0.2) is 47.9 Å². The van der Waals surface area contributed by atoms with Crippen LogP contribution in [0.3, 0.4) is 0 Å². The first-order valence-electron chi connectivity index (χ1n) is 7.31. The lowest BCUT2D eigenvalue weighted by atomic mass is 10.1. The molecule has 0 saturated heterocycles. The van der Waals surface area contributed by atoms with Gasteiger partial charge in [-0.2, -0.15) is 0 Å². The summed E-state index contributed by atoms with van der Waals surface area (Å²) in [5, 5.41) is 7.72. The molecule has 2 aromatic rings. The molecule has 2 rings (SSSR count). The molecular formula is C17H17Cl2N3O2. The van der Waals surface area contributed by atoms with Crippen LogP contribution in [0, 0.1) is 0 Å². The fourth-order valence-electron chi connectivity index (χ4n) is 2.05. The Bertz CT molecular complexity index is 721. The number of hydrogen-bond acceptors (Lipinski definition) is 4. The number of benzene rings is 1. The second-order valence-corrected chi connectivity index (χ2v) is 5.80. The highest BCUT2D eigenvalue weighted by Gasteiger charge is 2.10. The van der Waals surface area contributed by atoms with Gasteiger partial charge in [0.25, 0.3) is 0 Å². The molecule has 1 aromatic heterocycles. The van der Waals surface area contributed by atoms with Gasteiger partial charge in [-0.25, -0.2) is 0 Å². The van der Waals surface area contributed by atoms with Crippen molar-refractivity contribution in [2.24, 2.45) is 5.16 Å². The summed E-state index contributed by atoms with van der Waals surface area (Å²) in [5.41, 5.74) is 2.35. The number of oxime groups is 1. The van der Waals surface area contributed by atoms with Gasteiger partial charge in [0.15, 0.2) is 0 Å². The molecule has 1 N–H and O–H groups in total. The maximum absolute atomic E-state index is 12.0. The van der Waals surface area contributed by atoms with Crippen molar-refractivity contribution < 1.29 is 9.63 Å². The molecule has 0 unspecified atom stereocenters. The van der Waals surface area contributed by atoms with Crippen LogP contribution in [-0.2, 0) is 16.2 Å². The van der Waals surface area contributed by atoms with Crippen molar-refractivity contribution in [3.8, 4) is 0 Å². The van der Waals surface area contributed by atoms with E-state index in [1.807, 2.05) is 12.1 Å². The van der Waals surface area contributed by atoms with E-state index in [0.29, 0.717) is 28.7 Å². The van der Waals surface area contributed by atoms with Crippen molar-refractivity contribution in [1.29, 1.82) is 0 Å². The molecule has 0 bridgehead atoms. The summed E-state index contributed by atoms with van der Waals surface area (Å²) in [4.78, 5) is 20.9. The second-order valence-electron chi connectivity index (χ2n) is 4.99. The number of aromatic nitrogens is 1. The summed E-state index contributed by atoms with van der Waals surface area (Å²) >= 11 is 11.9. The quantitative estimate of drug-likeness (QED) is 0.598. The van der Waals surface area contributed by atoms with Crippen LogP contribution in [-0.4, -0.2) is 23.7 Å². The van der Waals surface area contributed by atoms with Gasteiger partial charge in [-0.3, -0.25) is 9.78 Å². The van der Waals surface area contributed by atoms with Crippen LogP contribution in [0.5, 0.6) is 0 Å². The number of halogens is 2. The molecule has 126 valence electrons. The van der Waals surface area contributed by atoms with E-state index in [1.54, 1.807) is 30.6 Å². The van der Waals surface area contributed by atoms with Crippen LogP contribution in [0.2, 0.25) is 10.0 Å². The van der Waals surface area contributed by atoms with Gasteiger partial charge >= 0.3 is 0 Å². The minimum Gasteiger partial charge on any atom is -0.399 e. The third-order valence-electron chi connectivity index (χ3n) is 3.26. The van der Waals surface area contributed by atoms with E-state index >= 15 is 0 Å². The molecule has 0 aliphatic rings. The normalized spacial score (nSPS) is 11.2. The second kappa shape index (κ2) is 9.25. The Labute approximate surface area is 150 Å². The summed E-state index contributed by atoms with van der Waals surface area (Å²) in [6.45, 7) is 0.441. The number of carbonyl (C=O) groups excluding carboxylic acids is 1. The molecule has 0 aliphatic heterocycles. The molecule has 0 aliphatic carbocycles. The van der Waals surface area contributed by atoms with Crippen molar-refractivity contribution in [3.05, 3.63) is 63.9 Å². The third kappa shape index (κ3) is 5.51.